The fourth-order valence-electron chi connectivity index (χ4n) is 4.88. The minimum Gasteiger partial charge on any atom is -0.396 e. The van der Waals surface area contributed by atoms with Crippen LogP contribution in [0.3, 0.4) is 0 Å². The zero-order valence-electron chi connectivity index (χ0n) is 17.2. The van der Waals surface area contributed by atoms with Crippen molar-refractivity contribution in [2.24, 2.45) is 11.8 Å². The molecule has 4 rings (SSSR count). The van der Waals surface area contributed by atoms with Gasteiger partial charge in [-0.05, 0) is 49.0 Å². The van der Waals surface area contributed by atoms with Crippen LogP contribution in [0.1, 0.15) is 36.0 Å². The maximum atomic E-state index is 13.4. The van der Waals surface area contributed by atoms with Crippen molar-refractivity contribution >= 4 is 5.91 Å². The standard InChI is InChI=1S/C25H32N2O2/c28-19-22-18-27(17-21(22)16-26-14-8-1-2-9-15-26)25(29)24-13-7-6-12-23(24)20-10-4-3-5-11-20/h3-7,10-13,21-22,28H,1-2,8-9,14-19H2/t21-,22-/m0/s1. The first-order valence-corrected chi connectivity index (χ1v) is 11.0. The van der Waals surface area contributed by atoms with Gasteiger partial charge in [-0.25, -0.2) is 0 Å². The summed E-state index contributed by atoms with van der Waals surface area (Å²) < 4.78 is 0. The Kier molecular flexibility index (Phi) is 6.63. The lowest BCUT2D eigenvalue weighted by atomic mass is 9.96. The average molecular weight is 393 g/mol. The van der Waals surface area contributed by atoms with Crippen LogP contribution in [0.15, 0.2) is 54.6 Å². The highest BCUT2D eigenvalue weighted by Crippen LogP contribution is 2.30. The van der Waals surface area contributed by atoms with Crippen molar-refractivity contribution < 1.29 is 9.90 Å². The van der Waals surface area contributed by atoms with Gasteiger partial charge in [-0.2, -0.15) is 0 Å². The molecule has 2 aliphatic heterocycles. The van der Waals surface area contributed by atoms with Gasteiger partial charge in [0, 0.05) is 37.7 Å². The van der Waals surface area contributed by atoms with Gasteiger partial charge < -0.3 is 14.9 Å². The third-order valence-electron chi connectivity index (χ3n) is 6.53. The van der Waals surface area contributed by atoms with Gasteiger partial charge in [0.15, 0.2) is 0 Å². The Morgan fingerprint density at radius 3 is 2.24 bits per heavy atom. The fourth-order valence-corrected chi connectivity index (χ4v) is 4.88. The summed E-state index contributed by atoms with van der Waals surface area (Å²) in [5.41, 5.74) is 2.80. The van der Waals surface area contributed by atoms with Crippen molar-refractivity contribution in [2.75, 3.05) is 39.3 Å². The van der Waals surface area contributed by atoms with Gasteiger partial charge in [-0.3, -0.25) is 4.79 Å². The molecule has 0 unspecified atom stereocenters. The minimum atomic E-state index is 0.0845. The number of hydrogen-bond acceptors (Lipinski definition) is 3. The summed E-state index contributed by atoms with van der Waals surface area (Å²) in [6.45, 7) is 4.84. The van der Waals surface area contributed by atoms with E-state index in [1.54, 1.807) is 0 Å². The molecule has 0 saturated carbocycles. The summed E-state index contributed by atoms with van der Waals surface area (Å²) in [7, 11) is 0. The molecule has 2 saturated heterocycles. The molecule has 2 heterocycles. The lowest BCUT2D eigenvalue weighted by molar-refractivity contribution is 0.0780. The second-order valence-electron chi connectivity index (χ2n) is 8.54. The average Bonchev–Trinajstić information content (AvgIpc) is 3.00. The summed E-state index contributed by atoms with van der Waals surface area (Å²) in [5.74, 6) is 0.610. The smallest absolute Gasteiger partial charge is 0.254 e. The molecule has 4 heteroatoms. The van der Waals surface area contributed by atoms with Crippen LogP contribution in [0.5, 0.6) is 0 Å². The summed E-state index contributed by atoms with van der Waals surface area (Å²) >= 11 is 0. The van der Waals surface area contributed by atoms with Crippen molar-refractivity contribution in [3.05, 3.63) is 60.2 Å². The van der Waals surface area contributed by atoms with Gasteiger partial charge in [0.1, 0.15) is 0 Å². The van der Waals surface area contributed by atoms with Crippen LogP contribution in [-0.4, -0.2) is 60.1 Å². The van der Waals surface area contributed by atoms with E-state index in [0.29, 0.717) is 12.5 Å². The minimum absolute atomic E-state index is 0.0845. The maximum Gasteiger partial charge on any atom is 0.254 e. The van der Waals surface area contributed by atoms with Gasteiger partial charge in [0.25, 0.3) is 5.91 Å². The number of nitrogens with zero attached hydrogens (tertiary/aromatic N) is 2. The zero-order chi connectivity index (χ0) is 20.1. The summed E-state index contributed by atoms with van der Waals surface area (Å²) in [6, 6.07) is 18.0. The molecule has 2 fully saturated rings. The third-order valence-corrected chi connectivity index (χ3v) is 6.53. The molecule has 0 aromatic heterocycles. The van der Waals surface area contributed by atoms with E-state index in [2.05, 4.69) is 17.0 Å². The molecular formula is C25H32N2O2. The van der Waals surface area contributed by atoms with E-state index >= 15 is 0 Å². The van der Waals surface area contributed by atoms with Crippen LogP contribution in [0.4, 0.5) is 0 Å². The van der Waals surface area contributed by atoms with E-state index in [9.17, 15) is 9.90 Å². The Labute approximate surface area is 174 Å². The highest BCUT2D eigenvalue weighted by atomic mass is 16.3. The summed E-state index contributed by atoms with van der Waals surface area (Å²) in [6.07, 6.45) is 5.18. The monoisotopic (exact) mass is 392 g/mol. The Morgan fingerprint density at radius 2 is 1.52 bits per heavy atom. The van der Waals surface area contributed by atoms with E-state index in [4.69, 9.17) is 0 Å². The van der Waals surface area contributed by atoms with Crippen LogP contribution >= 0.6 is 0 Å². The molecular weight excluding hydrogens is 360 g/mol. The molecule has 0 aliphatic carbocycles. The van der Waals surface area contributed by atoms with Gasteiger partial charge in [0.2, 0.25) is 0 Å². The number of carbonyl (C=O) groups excluding carboxylic acids is 1. The van der Waals surface area contributed by atoms with Crippen molar-refractivity contribution in [3.8, 4) is 11.1 Å². The Bertz CT molecular complexity index is 799. The molecule has 29 heavy (non-hydrogen) atoms. The molecule has 4 nitrogen and oxygen atoms in total. The second kappa shape index (κ2) is 9.55. The van der Waals surface area contributed by atoms with E-state index in [1.807, 2.05) is 47.4 Å². The molecule has 1 amide bonds. The van der Waals surface area contributed by atoms with Crippen LogP contribution in [-0.2, 0) is 0 Å². The van der Waals surface area contributed by atoms with E-state index in [0.717, 1.165) is 42.9 Å². The molecule has 2 atom stereocenters. The van der Waals surface area contributed by atoms with Gasteiger partial charge in [-0.1, -0.05) is 61.4 Å². The first-order chi connectivity index (χ1) is 14.3. The van der Waals surface area contributed by atoms with Crippen LogP contribution in [0.25, 0.3) is 11.1 Å². The third kappa shape index (κ3) is 4.71. The van der Waals surface area contributed by atoms with E-state index in [-0.39, 0.29) is 18.4 Å². The molecule has 154 valence electrons. The molecule has 2 aliphatic rings. The first kappa shape index (κ1) is 20.1. The Hall–Kier alpha value is -2.17. The molecule has 0 spiro atoms. The van der Waals surface area contributed by atoms with Crippen molar-refractivity contribution in [1.82, 2.24) is 9.80 Å². The van der Waals surface area contributed by atoms with Crippen molar-refractivity contribution in [3.63, 3.8) is 0 Å². The molecule has 2 aromatic carbocycles. The molecule has 0 radical (unpaired) electrons. The number of benzene rings is 2. The number of carbonyl (C=O) groups is 1. The second-order valence-corrected chi connectivity index (χ2v) is 8.54. The van der Waals surface area contributed by atoms with E-state index in [1.165, 1.54) is 25.7 Å². The Morgan fingerprint density at radius 1 is 0.862 bits per heavy atom. The SMILES string of the molecule is O=C(c1ccccc1-c1ccccc1)N1C[C@@H](CO)[C@@H](CN2CCCCCC2)C1. The van der Waals surface area contributed by atoms with Crippen LogP contribution < -0.4 is 0 Å². The number of rotatable bonds is 5. The topological polar surface area (TPSA) is 43.8 Å². The zero-order valence-corrected chi connectivity index (χ0v) is 17.2. The highest BCUT2D eigenvalue weighted by molar-refractivity contribution is 6.01. The van der Waals surface area contributed by atoms with Crippen LogP contribution in [0.2, 0.25) is 0 Å². The van der Waals surface area contributed by atoms with Crippen molar-refractivity contribution in [2.45, 2.75) is 25.7 Å². The number of likely N-dealkylation sites (tertiary alicyclic amines) is 2. The number of aliphatic hydroxyl groups excluding tert-OH is 1. The first-order valence-electron chi connectivity index (χ1n) is 11.0. The Balaban J connectivity index is 1.50. The lowest BCUT2D eigenvalue weighted by Gasteiger charge is -2.26. The van der Waals surface area contributed by atoms with E-state index < -0.39 is 0 Å². The predicted molar refractivity (Wildman–Crippen MR) is 117 cm³/mol. The van der Waals surface area contributed by atoms with Crippen LogP contribution in [0, 0.1) is 11.8 Å². The van der Waals surface area contributed by atoms with Gasteiger partial charge in [-0.15, -0.1) is 0 Å². The highest BCUT2D eigenvalue weighted by Gasteiger charge is 2.36. The lowest BCUT2D eigenvalue weighted by Crippen LogP contribution is -2.35. The van der Waals surface area contributed by atoms with Gasteiger partial charge in [0.05, 0.1) is 0 Å². The number of amides is 1. The largest absolute Gasteiger partial charge is 0.396 e. The molecule has 0 bridgehead atoms. The maximum absolute atomic E-state index is 13.4. The normalized spacial score (nSPS) is 23.1. The molecule has 1 N–H and O–H groups in total. The van der Waals surface area contributed by atoms with Crippen molar-refractivity contribution in [1.29, 1.82) is 0 Å². The van der Waals surface area contributed by atoms with Gasteiger partial charge >= 0.3 is 0 Å². The summed E-state index contributed by atoms with van der Waals surface area (Å²) in [5, 5.41) is 9.97. The quantitative estimate of drug-likeness (QED) is 0.839. The predicted octanol–water partition coefficient (Wildman–Crippen LogP) is 3.91. The summed E-state index contributed by atoms with van der Waals surface area (Å²) in [4.78, 5) is 17.9. The molecule has 2 aromatic rings. The fraction of sp³-hybridized carbons (Fsp3) is 0.480. The number of hydrogen-bond donors (Lipinski definition) is 1. The number of aliphatic hydroxyl groups is 1.